The van der Waals surface area contributed by atoms with Crippen molar-refractivity contribution in [2.75, 3.05) is 23.5 Å². The van der Waals surface area contributed by atoms with Crippen LogP contribution in [-0.4, -0.2) is 34.2 Å². The molecule has 1 aliphatic heterocycles. The summed E-state index contributed by atoms with van der Waals surface area (Å²) < 4.78 is 0. The van der Waals surface area contributed by atoms with Gasteiger partial charge in [0.05, 0.1) is 17.6 Å². The Morgan fingerprint density at radius 2 is 2.44 bits per heavy atom. The van der Waals surface area contributed by atoms with Crippen LogP contribution >= 0.6 is 0 Å². The van der Waals surface area contributed by atoms with E-state index in [2.05, 4.69) is 10.4 Å². The third-order valence-electron chi connectivity index (χ3n) is 3.06. The molecule has 1 atom stereocenters. The molecule has 8 nitrogen and oxygen atoms in total. The average Bonchev–Trinajstić information content (AvgIpc) is 2.85. The van der Waals surface area contributed by atoms with E-state index in [0.717, 1.165) is 12.8 Å². The minimum absolute atomic E-state index is 0.0425. The molecule has 0 spiro atoms. The van der Waals surface area contributed by atoms with Gasteiger partial charge in [-0.2, -0.15) is 0 Å². The van der Waals surface area contributed by atoms with Crippen LogP contribution in [0, 0.1) is 10.1 Å². The number of aliphatic hydroxyl groups excluding tert-OH is 1. The Morgan fingerprint density at radius 3 is 3.06 bits per heavy atom. The predicted octanol–water partition coefficient (Wildman–Crippen LogP) is 0.236. The van der Waals surface area contributed by atoms with E-state index in [4.69, 9.17) is 5.84 Å². The van der Waals surface area contributed by atoms with E-state index in [1.54, 1.807) is 4.90 Å². The average molecular weight is 253 g/mol. The Bertz CT molecular complexity index is 453. The molecule has 8 heteroatoms. The molecule has 0 aliphatic carbocycles. The van der Waals surface area contributed by atoms with Crippen LogP contribution < -0.4 is 16.2 Å². The number of pyridine rings is 1. The van der Waals surface area contributed by atoms with E-state index >= 15 is 0 Å². The summed E-state index contributed by atoms with van der Waals surface area (Å²) in [5.74, 6) is 5.88. The normalized spacial score (nSPS) is 19.0. The van der Waals surface area contributed by atoms with Gasteiger partial charge in [0.1, 0.15) is 5.82 Å². The number of nitro groups is 1. The zero-order valence-corrected chi connectivity index (χ0v) is 9.74. The van der Waals surface area contributed by atoms with E-state index in [9.17, 15) is 15.2 Å². The second-order valence-corrected chi connectivity index (χ2v) is 4.11. The highest BCUT2D eigenvalue weighted by molar-refractivity contribution is 5.62. The molecule has 0 radical (unpaired) electrons. The number of nitrogens with one attached hydrogen (secondary N) is 1. The molecular formula is C10H15N5O3. The van der Waals surface area contributed by atoms with Crippen LogP contribution in [0.2, 0.25) is 0 Å². The Hall–Kier alpha value is -1.93. The second kappa shape index (κ2) is 5.15. The van der Waals surface area contributed by atoms with Crippen molar-refractivity contribution < 1.29 is 10.0 Å². The SMILES string of the molecule is NNc1ccc([N+](=O)[O-])c(N2CCCC2CO)n1. The molecule has 1 unspecified atom stereocenters. The number of rotatable bonds is 4. The monoisotopic (exact) mass is 253 g/mol. The fourth-order valence-corrected chi connectivity index (χ4v) is 2.18. The standard InChI is InChI=1S/C10H15N5O3/c11-13-9-4-3-8(15(17)18)10(12-9)14-5-1-2-7(14)6-16/h3-4,7,16H,1-2,5-6,11H2,(H,12,13). The highest BCUT2D eigenvalue weighted by Gasteiger charge is 2.30. The second-order valence-electron chi connectivity index (χ2n) is 4.11. The van der Waals surface area contributed by atoms with E-state index < -0.39 is 4.92 Å². The van der Waals surface area contributed by atoms with Gasteiger partial charge in [-0.25, -0.2) is 10.8 Å². The van der Waals surface area contributed by atoms with Gasteiger partial charge in [0.2, 0.25) is 5.82 Å². The lowest BCUT2D eigenvalue weighted by molar-refractivity contribution is -0.384. The summed E-state index contributed by atoms with van der Waals surface area (Å²) in [4.78, 5) is 16.4. The first-order valence-electron chi connectivity index (χ1n) is 5.67. The van der Waals surface area contributed by atoms with Gasteiger partial charge in [0, 0.05) is 12.6 Å². The highest BCUT2D eigenvalue weighted by Crippen LogP contribution is 2.32. The topological polar surface area (TPSA) is 118 Å². The summed E-state index contributed by atoms with van der Waals surface area (Å²) in [6.07, 6.45) is 1.68. The lowest BCUT2D eigenvalue weighted by Crippen LogP contribution is -2.33. The summed E-state index contributed by atoms with van der Waals surface area (Å²) >= 11 is 0. The largest absolute Gasteiger partial charge is 0.394 e. The summed E-state index contributed by atoms with van der Waals surface area (Å²) in [6, 6.07) is 2.69. The van der Waals surface area contributed by atoms with Crippen LogP contribution in [0.15, 0.2) is 12.1 Å². The van der Waals surface area contributed by atoms with Crippen molar-refractivity contribution in [2.45, 2.75) is 18.9 Å². The summed E-state index contributed by atoms with van der Waals surface area (Å²) in [6.45, 7) is 0.603. The lowest BCUT2D eigenvalue weighted by atomic mass is 10.2. The fourth-order valence-electron chi connectivity index (χ4n) is 2.18. The number of hydrazine groups is 1. The van der Waals surface area contributed by atoms with Crippen LogP contribution in [0.3, 0.4) is 0 Å². The lowest BCUT2D eigenvalue weighted by Gasteiger charge is -2.23. The van der Waals surface area contributed by atoms with Gasteiger partial charge >= 0.3 is 5.69 Å². The minimum Gasteiger partial charge on any atom is -0.394 e. The molecule has 1 aliphatic rings. The summed E-state index contributed by atoms with van der Waals surface area (Å²) in [5, 5.41) is 20.3. The smallest absolute Gasteiger partial charge is 0.311 e. The maximum Gasteiger partial charge on any atom is 0.311 e. The first-order chi connectivity index (χ1) is 8.67. The molecule has 1 saturated heterocycles. The maximum absolute atomic E-state index is 11.0. The summed E-state index contributed by atoms with van der Waals surface area (Å²) in [5.41, 5.74) is 2.29. The summed E-state index contributed by atoms with van der Waals surface area (Å²) in [7, 11) is 0. The molecule has 1 aromatic rings. The Kier molecular flexibility index (Phi) is 3.58. The first kappa shape index (κ1) is 12.5. The fraction of sp³-hybridized carbons (Fsp3) is 0.500. The number of aromatic nitrogens is 1. The molecule has 0 amide bonds. The maximum atomic E-state index is 11.0. The molecule has 0 aromatic carbocycles. The van der Waals surface area contributed by atoms with Gasteiger partial charge < -0.3 is 15.4 Å². The van der Waals surface area contributed by atoms with Gasteiger partial charge in [-0.1, -0.05) is 0 Å². The van der Waals surface area contributed by atoms with Crippen LogP contribution in [-0.2, 0) is 0 Å². The van der Waals surface area contributed by atoms with Crippen molar-refractivity contribution >= 4 is 17.3 Å². The van der Waals surface area contributed by atoms with Gasteiger partial charge in [-0.05, 0) is 18.9 Å². The molecule has 2 heterocycles. The van der Waals surface area contributed by atoms with Crippen molar-refractivity contribution in [1.29, 1.82) is 0 Å². The van der Waals surface area contributed by atoms with Gasteiger partial charge in [0.15, 0.2) is 0 Å². The quantitative estimate of drug-likeness (QED) is 0.399. The molecule has 1 fully saturated rings. The third-order valence-corrected chi connectivity index (χ3v) is 3.06. The first-order valence-corrected chi connectivity index (χ1v) is 5.67. The molecule has 2 rings (SSSR count). The van der Waals surface area contributed by atoms with E-state index in [1.165, 1.54) is 12.1 Å². The number of hydrogen-bond acceptors (Lipinski definition) is 7. The zero-order valence-electron chi connectivity index (χ0n) is 9.74. The van der Waals surface area contributed by atoms with Gasteiger partial charge in [0.25, 0.3) is 0 Å². The molecule has 0 bridgehead atoms. The molecule has 0 saturated carbocycles. The van der Waals surface area contributed by atoms with E-state index in [1.807, 2.05) is 0 Å². The Labute approximate surface area is 104 Å². The molecule has 18 heavy (non-hydrogen) atoms. The molecule has 98 valence electrons. The molecular weight excluding hydrogens is 238 g/mol. The number of anilines is 2. The number of nitrogens with zero attached hydrogens (tertiary/aromatic N) is 3. The zero-order chi connectivity index (χ0) is 13.1. The van der Waals surface area contributed by atoms with E-state index in [0.29, 0.717) is 12.4 Å². The van der Waals surface area contributed by atoms with Crippen molar-refractivity contribution in [2.24, 2.45) is 5.84 Å². The van der Waals surface area contributed by atoms with Crippen LogP contribution in [0.1, 0.15) is 12.8 Å². The Balaban J connectivity index is 2.42. The Morgan fingerprint density at radius 1 is 1.67 bits per heavy atom. The number of nitrogens with two attached hydrogens (primary N) is 1. The highest BCUT2D eigenvalue weighted by atomic mass is 16.6. The molecule has 1 aromatic heterocycles. The van der Waals surface area contributed by atoms with Crippen molar-refractivity contribution in [3.63, 3.8) is 0 Å². The third kappa shape index (κ3) is 2.20. The van der Waals surface area contributed by atoms with Crippen molar-refractivity contribution in [3.05, 3.63) is 22.2 Å². The van der Waals surface area contributed by atoms with Crippen LogP contribution in [0.4, 0.5) is 17.3 Å². The molecule has 4 N–H and O–H groups in total. The van der Waals surface area contributed by atoms with Crippen molar-refractivity contribution in [3.8, 4) is 0 Å². The van der Waals surface area contributed by atoms with E-state index in [-0.39, 0.29) is 24.2 Å². The van der Waals surface area contributed by atoms with Crippen LogP contribution in [0.5, 0.6) is 0 Å². The van der Waals surface area contributed by atoms with Crippen LogP contribution in [0.25, 0.3) is 0 Å². The predicted molar refractivity (Wildman–Crippen MR) is 66.2 cm³/mol. The van der Waals surface area contributed by atoms with Crippen molar-refractivity contribution in [1.82, 2.24) is 4.98 Å². The van der Waals surface area contributed by atoms with Gasteiger partial charge in [-0.3, -0.25) is 10.1 Å². The number of nitrogen functional groups attached to an aromatic ring is 1. The number of aliphatic hydroxyl groups is 1. The van der Waals surface area contributed by atoms with Gasteiger partial charge in [-0.15, -0.1) is 0 Å². The number of hydrogen-bond donors (Lipinski definition) is 3. The minimum atomic E-state index is -0.477.